The van der Waals surface area contributed by atoms with Crippen LogP contribution in [0.2, 0.25) is 0 Å². The van der Waals surface area contributed by atoms with Gasteiger partial charge >= 0.3 is 0 Å². The Bertz CT molecular complexity index is 140. The summed E-state index contributed by atoms with van der Waals surface area (Å²) in [6.45, 7) is 7.81. The maximum Gasteiger partial charge on any atom is 0.158 e. The molecule has 10 heavy (non-hydrogen) atoms. The van der Waals surface area contributed by atoms with Crippen molar-refractivity contribution in [3.63, 3.8) is 0 Å². The molecule has 0 aromatic carbocycles. The Morgan fingerprint density at radius 2 is 2.20 bits per heavy atom. The molecule has 0 bridgehead atoms. The fourth-order valence-electron chi connectivity index (χ4n) is 0.574. The van der Waals surface area contributed by atoms with Crippen LogP contribution in [0.25, 0.3) is 0 Å². The molecule has 0 rings (SSSR count). The summed E-state index contributed by atoms with van der Waals surface area (Å²) in [6.07, 6.45) is 0.534. The van der Waals surface area contributed by atoms with Crippen LogP contribution >= 0.6 is 0 Å². The first kappa shape index (κ1) is 9.37. The van der Waals surface area contributed by atoms with E-state index >= 15 is 0 Å². The molecule has 1 unspecified atom stereocenters. The average Bonchev–Trinajstić information content (AvgIpc) is 1.87. The largest absolute Gasteiger partial charge is 0.330 e. The fourth-order valence-corrected chi connectivity index (χ4v) is 0.574. The molecule has 0 aliphatic carbocycles. The lowest BCUT2D eigenvalue weighted by atomic mass is 10.0. The summed E-state index contributed by atoms with van der Waals surface area (Å²) in [5.74, 6) is 0.405. The molecule has 0 aliphatic heterocycles. The molecule has 2 heteroatoms. The molecule has 0 aliphatic rings. The second-order valence-corrected chi connectivity index (χ2v) is 2.75. The Morgan fingerprint density at radius 1 is 1.70 bits per heavy atom. The summed E-state index contributed by atoms with van der Waals surface area (Å²) in [5.41, 5.74) is 5.96. The van der Waals surface area contributed by atoms with E-state index < -0.39 is 0 Å². The molecule has 2 nitrogen and oxygen atoms in total. The van der Waals surface area contributed by atoms with Gasteiger partial charge in [0.15, 0.2) is 5.78 Å². The molecule has 0 heterocycles. The third-order valence-corrected chi connectivity index (χ3v) is 1.41. The fraction of sp³-hybridized carbons (Fsp3) is 0.625. The second kappa shape index (κ2) is 4.23. The van der Waals surface area contributed by atoms with Crippen molar-refractivity contribution in [2.24, 2.45) is 11.7 Å². The highest BCUT2D eigenvalue weighted by Crippen LogP contribution is 2.04. The van der Waals surface area contributed by atoms with E-state index in [0.717, 1.165) is 0 Å². The van der Waals surface area contributed by atoms with Crippen molar-refractivity contribution in [1.82, 2.24) is 0 Å². The Balaban J connectivity index is 3.68. The topological polar surface area (TPSA) is 43.1 Å². The van der Waals surface area contributed by atoms with Crippen molar-refractivity contribution in [2.75, 3.05) is 6.54 Å². The zero-order chi connectivity index (χ0) is 8.15. The summed E-state index contributed by atoms with van der Waals surface area (Å²) in [6, 6.07) is 0. The third kappa shape index (κ3) is 3.41. The average molecular weight is 141 g/mol. The van der Waals surface area contributed by atoms with E-state index in [1.165, 1.54) is 0 Å². The molecule has 0 fully saturated rings. The Labute approximate surface area is 62.1 Å². The van der Waals surface area contributed by atoms with Crippen LogP contribution in [0.5, 0.6) is 0 Å². The smallest absolute Gasteiger partial charge is 0.158 e. The molecule has 0 amide bonds. The molecule has 0 aromatic heterocycles. The van der Waals surface area contributed by atoms with Gasteiger partial charge in [-0.2, -0.15) is 0 Å². The van der Waals surface area contributed by atoms with Crippen LogP contribution in [0.3, 0.4) is 0 Å². The number of rotatable bonds is 4. The van der Waals surface area contributed by atoms with E-state index in [9.17, 15) is 4.79 Å². The van der Waals surface area contributed by atoms with Crippen LogP contribution in [-0.4, -0.2) is 12.3 Å². The van der Waals surface area contributed by atoms with Gasteiger partial charge in [-0.25, -0.2) is 0 Å². The summed E-state index contributed by atoms with van der Waals surface area (Å²) < 4.78 is 0. The van der Waals surface area contributed by atoms with Gasteiger partial charge in [0.05, 0.1) is 0 Å². The first-order valence-corrected chi connectivity index (χ1v) is 3.46. The van der Waals surface area contributed by atoms with Gasteiger partial charge in [0.25, 0.3) is 0 Å². The van der Waals surface area contributed by atoms with E-state index in [0.29, 0.717) is 18.5 Å². The van der Waals surface area contributed by atoms with Gasteiger partial charge in [0, 0.05) is 6.42 Å². The lowest BCUT2D eigenvalue weighted by Gasteiger charge is -2.05. The highest BCUT2D eigenvalue weighted by atomic mass is 16.1. The monoisotopic (exact) mass is 141 g/mol. The molecule has 58 valence electrons. The standard InChI is InChI=1S/C8H15NO/c1-6(2)8(10)4-7(3)5-9/h7H,1,4-5,9H2,2-3H3. The number of nitrogens with two attached hydrogens (primary N) is 1. The highest BCUT2D eigenvalue weighted by molar-refractivity contribution is 5.94. The van der Waals surface area contributed by atoms with E-state index in [2.05, 4.69) is 6.58 Å². The van der Waals surface area contributed by atoms with Crippen LogP contribution in [0, 0.1) is 5.92 Å². The van der Waals surface area contributed by atoms with Gasteiger partial charge in [-0.3, -0.25) is 4.79 Å². The van der Waals surface area contributed by atoms with Crippen LogP contribution < -0.4 is 5.73 Å². The number of carbonyl (C=O) groups is 1. The highest BCUT2D eigenvalue weighted by Gasteiger charge is 2.06. The summed E-state index contributed by atoms with van der Waals surface area (Å²) in [7, 11) is 0. The Kier molecular flexibility index (Phi) is 3.96. The predicted molar refractivity (Wildman–Crippen MR) is 42.7 cm³/mol. The number of ketones is 1. The SMILES string of the molecule is C=C(C)C(=O)CC(C)CN. The van der Waals surface area contributed by atoms with Crippen molar-refractivity contribution < 1.29 is 4.79 Å². The number of allylic oxidation sites excluding steroid dienone is 1. The zero-order valence-corrected chi connectivity index (χ0v) is 6.68. The molecule has 0 spiro atoms. The Hall–Kier alpha value is -0.630. The van der Waals surface area contributed by atoms with Crippen molar-refractivity contribution >= 4 is 5.78 Å². The minimum atomic E-state index is 0.123. The number of hydrogen-bond donors (Lipinski definition) is 1. The molecular weight excluding hydrogens is 126 g/mol. The third-order valence-electron chi connectivity index (χ3n) is 1.41. The van der Waals surface area contributed by atoms with Crippen molar-refractivity contribution in [1.29, 1.82) is 0 Å². The predicted octanol–water partition coefficient (Wildman–Crippen LogP) is 1.12. The van der Waals surface area contributed by atoms with E-state index in [-0.39, 0.29) is 11.7 Å². The minimum absolute atomic E-state index is 0.123. The van der Waals surface area contributed by atoms with Gasteiger partial charge in [0.1, 0.15) is 0 Å². The van der Waals surface area contributed by atoms with Gasteiger partial charge in [-0.1, -0.05) is 13.5 Å². The molecule has 1 atom stereocenters. The van der Waals surface area contributed by atoms with Crippen LogP contribution in [-0.2, 0) is 4.79 Å². The van der Waals surface area contributed by atoms with Crippen molar-refractivity contribution in [3.8, 4) is 0 Å². The quantitative estimate of drug-likeness (QED) is 0.596. The molecule has 0 aromatic rings. The van der Waals surface area contributed by atoms with Gasteiger partial charge < -0.3 is 5.73 Å². The van der Waals surface area contributed by atoms with E-state index in [4.69, 9.17) is 5.73 Å². The van der Waals surface area contributed by atoms with E-state index in [1.54, 1.807) is 6.92 Å². The normalized spacial score (nSPS) is 12.7. The molecule has 0 saturated carbocycles. The number of hydrogen-bond acceptors (Lipinski definition) is 2. The molecular formula is C8H15NO. The van der Waals surface area contributed by atoms with Crippen LogP contribution in [0.1, 0.15) is 20.3 Å². The maximum atomic E-state index is 11.0. The van der Waals surface area contributed by atoms with E-state index in [1.807, 2.05) is 6.92 Å². The minimum Gasteiger partial charge on any atom is -0.330 e. The summed E-state index contributed by atoms with van der Waals surface area (Å²) in [5, 5.41) is 0. The number of Topliss-reactive ketones (excluding diaryl/α,β-unsaturated/α-hetero) is 1. The first-order chi connectivity index (χ1) is 4.57. The molecule has 0 saturated heterocycles. The zero-order valence-electron chi connectivity index (χ0n) is 6.68. The van der Waals surface area contributed by atoms with Gasteiger partial charge in [0.2, 0.25) is 0 Å². The molecule has 0 radical (unpaired) electrons. The van der Waals surface area contributed by atoms with Crippen molar-refractivity contribution in [3.05, 3.63) is 12.2 Å². The van der Waals surface area contributed by atoms with Crippen LogP contribution in [0.4, 0.5) is 0 Å². The van der Waals surface area contributed by atoms with Gasteiger partial charge in [-0.05, 0) is 25.0 Å². The lowest BCUT2D eigenvalue weighted by Crippen LogP contribution is -2.15. The second-order valence-electron chi connectivity index (χ2n) is 2.75. The van der Waals surface area contributed by atoms with Crippen molar-refractivity contribution in [2.45, 2.75) is 20.3 Å². The first-order valence-electron chi connectivity index (χ1n) is 3.46. The molecule has 2 N–H and O–H groups in total. The maximum absolute atomic E-state index is 11.0. The Morgan fingerprint density at radius 3 is 2.50 bits per heavy atom. The lowest BCUT2D eigenvalue weighted by molar-refractivity contribution is -0.116. The summed E-state index contributed by atoms with van der Waals surface area (Å²) >= 11 is 0. The van der Waals surface area contributed by atoms with Gasteiger partial charge in [-0.15, -0.1) is 0 Å². The number of carbonyl (C=O) groups excluding carboxylic acids is 1. The van der Waals surface area contributed by atoms with Crippen LogP contribution in [0.15, 0.2) is 12.2 Å². The summed E-state index contributed by atoms with van der Waals surface area (Å²) in [4.78, 5) is 11.0.